The van der Waals surface area contributed by atoms with Gasteiger partial charge in [0.05, 0.1) is 37.1 Å². The van der Waals surface area contributed by atoms with E-state index in [9.17, 15) is 19.2 Å². The van der Waals surface area contributed by atoms with Gasteiger partial charge in [0.25, 0.3) is 5.91 Å². The first-order chi connectivity index (χ1) is 28.6. The number of aliphatic imine (C=N–C) groups is 1. The van der Waals surface area contributed by atoms with E-state index in [2.05, 4.69) is 4.99 Å². The van der Waals surface area contributed by atoms with E-state index in [1.807, 2.05) is 78.9 Å². The number of fused-ring (bicyclic) bond motifs is 1. The first-order valence-corrected chi connectivity index (χ1v) is 20.9. The van der Waals surface area contributed by atoms with Crippen LogP contribution in [0.25, 0.3) is 0 Å². The molecule has 4 aromatic carbocycles. The van der Waals surface area contributed by atoms with Gasteiger partial charge < -0.3 is 33.4 Å². The Hall–Kier alpha value is -5.12. The number of carbonyl (C=O) groups is 4. The van der Waals surface area contributed by atoms with Crippen LogP contribution in [0.5, 0.6) is 23.0 Å². The number of benzene rings is 4. The number of rotatable bonds is 17. The minimum absolute atomic E-state index is 0.0466. The molecule has 3 fully saturated rings. The molecule has 2 amide bonds. The second kappa shape index (κ2) is 18.4. The molecule has 304 valence electrons. The van der Waals surface area contributed by atoms with Gasteiger partial charge in [-0.2, -0.15) is 0 Å². The minimum Gasteiger partial charge on any atom is -0.542 e. The number of carbonyl (C=O) groups excluding carboxylic acids is 4. The van der Waals surface area contributed by atoms with Gasteiger partial charge in [0.2, 0.25) is 5.91 Å². The second-order valence-electron chi connectivity index (χ2n) is 14.2. The number of likely N-dealkylation sites (tertiary alicyclic amines) is 1. The molecule has 2 radical (unpaired) electrons. The van der Waals surface area contributed by atoms with Crippen LogP contribution >= 0.6 is 35.1 Å². The smallest absolute Gasteiger partial charge is 0.378 e. The van der Waals surface area contributed by atoms with E-state index in [0.717, 1.165) is 22.4 Å². The highest BCUT2D eigenvalue weighted by molar-refractivity contribution is 8.20. The van der Waals surface area contributed by atoms with Crippen molar-refractivity contribution in [3.05, 3.63) is 118 Å². The molecule has 59 heavy (non-hydrogen) atoms. The average molecular weight is 854 g/mol. The number of nitrogens with zero attached hydrogens (tertiary/aromatic N) is 3. The molecule has 3 heterocycles. The summed E-state index contributed by atoms with van der Waals surface area (Å²) < 4.78 is 26.6. The molecule has 0 spiro atoms. The third kappa shape index (κ3) is 9.07. The molecule has 1 unspecified atom stereocenters. The minimum atomic E-state index is -1.21. The van der Waals surface area contributed by atoms with Gasteiger partial charge in [0.15, 0.2) is 15.6 Å². The SMILES string of the molecule is [B]OC(=O)[C@@]1(SC2CN(C(=O)C(=NC)c3ccc(OCc4ccc(OC)cc4)c(OCc4ccc(OC)cc4)c3Cl)C2)CN2C(=O)[C@@H](CC(=O)Cc3ccccc3)C2S1. The van der Waals surface area contributed by atoms with Crippen molar-refractivity contribution in [2.75, 3.05) is 40.9 Å². The summed E-state index contributed by atoms with van der Waals surface area (Å²) in [5.74, 6) is 0.268. The third-order valence-electron chi connectivity index (χ3n) is 10.4. The van der Waals surface area contributed by atoms with E-state index in [1.165, 1.54) is 30.6 Å². The fourth-order valence-corrected chi connectivity index (χ4v) is 11.2. The summed E-state index contributed by atoms with van der Waals surface area (Å²) in [5, 5.41) is -0.385. The van der Waals surface area contributed by atoms with E-state index in [1.54, 1.807) is 36.2 Å². The number of halogens is 1. The van der Waals surface area contributed by atoms with Gasteiger partial charge in [0.1, 0.15) is 36.2 Å². The lowest BCUT2D eigenvalue weighted by Crippen LogP contribution is -2.58. The molecule has 16 heteroatoms. The fourth-order valence-electron chi connectivity index (χ4n) is 7.17. The predicted molar refractivity (Wildman–Crippen MR) is 227 cm³/mol. The quantitative estimate of drug-likeness (QED) is 0.0711. The molecule has 0 aromatic heterocycles. The monoisotopic (exact) mass is 853 g/mol. The molecule has 7 rings (SSSR count). The average Bonchev–Trinajstić information content (AvgIpc) is 3.60. The predicted octanol–water partition coefficient (Wildman–Crippen LogP) is 5.93. The van der Waals surface area contributed by atoms with Crippen molar-refractivity contribution in [1.82, 2.24) is 9.80 Å². The van der Waals surface area contributed by atoms with Gasteiger partial charge in [-0.25, -0.2) is 0 Å². The number of β-lactam (4-membered cyclic amide) rings is 1. The number of amides is 2. The standard InChI is InChI=1S/C43H41BClN3O9S2/c1-46-37(33-17-18-35(55-23-27-9-13-30(53-2)14-10-27)38(36(33)45)56-24-28-11-15-31(54-3)16-12-28)40(51)47-21-32(22-47)58-43(42(52)57-44)25-48-39(50)34(41(48)59-43)20-29(49)19-26-7-5-4-6-8-26/h4-18,32,34,41H,19-25H2,1-3H3/t34-,41?,43-/m1/s1. The maximum Gasteiger partial charge on any atom is 0.378 e. The zero-order chi connectivity index (χ0) is 41.7. The van der Waals surface area contributed by atoms with E-state index in [-0.39, 0.29) is 77.3 Å². The first-order valence-electron chi connectivity index (χ1n) is 18.8. The zero-order valence-corrected chi connectivity index (χ0v) is 35.0. The lowest BCUT2D eigenvalue weighted by molar-refractivity contribution is -0.152. The Kier molecular flexibility index (Phi) is 13.1. The summed E-state index contributed by atoms with van der Waals surface area (Å²) in [4.78, 5) is 61.0. The zero-order valence-electron chi connectivity index (χ0n) is 32.6. The summed E-state index contributed by atoms with van der Waals surface area (Å²) in [6.45, 7) is 1.04. The number of hydrogen-bond donors (Lipinski definition) is 0. The van der Waals surface area contributed by atoms with Gasteiger partial charge in [-0.1, -0.05) is 66.2 Å². The summed E-state index contributed by atoms with van der Waals surface area (Å²) in [7, 11) is 10.1. The normalized spacial score (nSPS) is 19.9. The molecule has 4 aromatic rings. The number of hydrogen-bond acceptors (Lipinski definition) is 12. The molecule has 0 aliphatic carbocycles. The number of Topliss-reactive ketones (excluding diaryl/α,β-unsaturated/α-hetero) is 1. The highest BCUT2D eigenvalue weighted by Crippen LogP contribution is 2.57. The highest BCUT2D eigenvalue weighted by atomic mass is 35.5. The molecule has 3 atom stereocenters. The van der Waals surface area contributed by atoms with Crippen molar-refractivity contribution in [2.45, 2.75) is 40.8 Å². The van der Waals surface area contributed by atoms with Gasteiger partial charge in [0, 0.05) is 43.8 Å². The van der Waals surface area contributed by atoms with Crippen molar-refractivity contribution in [3.63, 3.8) is 0 Å². The Bertz CT molecular complexity index is 2230. The van der Waals surface area contributed by atoms with E-state index in [0.29, 0.717) is 30.2 Å². The topological polar surface area (TPSA) is 133 Å². The van der Waals surface area contributed by atoms with Crippen molar-refractivity contribution in [3.8, 4) is 23.0 Å². The number of ketones is 1. The lowest BCUT2D eigenvalue weighted by atomic mass is 9.90. The number of ether oxygens (including phenoxy) is 4. The molecular formula is C43H41BClN3O9S2. The Morgan fingerprint density at radius 2 is 1.51 bits per heavy atom. The third-order valence-corrected chi connectivity index (χ3v) is 14.1. The van der Waals surface area contributed by atoms with Crippen LogP contribution in [0.3, 0.4) is 0 Å². The molecule has 3 saturated heterocycles. The molecular weight excluding hydrogens is 813 g/mol. The van der Waals surface area contributed by atoms with Crippen LogP contribution in [0.15, 0.2) is 96.0 Å². The van der Waals surface area contributed by atoms with Crippen molar-refractivity contribution in [2.24, 2.45) is 10.9 Å². The van der Waals surface area contributed by atoms with Crippen LogP contribution in [0.4, 0.5) is 0 Å². The van der Waals surface area contributed by atoms with Crippen molar-refractivity contribution < 1.29 is 42.8 Å². The number of methoxy groups -OCH3 is 2. The molecule has 0 N–H and O–H groups in total. The highest BCUT2D eigenvalue weighted by Gasteiger charge is 2.63. The van der Waals surface area contributed by atoms with Crippen molar-refractivity contribution >= 4 is 72.5 Å². The van der Waals surface area contributed by atoms with E-state index in [4.69, 9.17) is 43.3 Å². The lowest BCUT2D eigenvalue weighted by Gasteiger charge is -2.42. The Balaban J connectivity index is 1.02. The maximum absolute atomic E-state index is 14.0. The maximum atomic E-state index is 14.0. The van der Waals surface area contributed by atoms with Crippen LogP contribution in [0.1, 0.15) is 28.7 Å². The van der Waals surface area contributed by atoms with E-state index >= 15 is 0 Å². The fraction of sp³-hybridized carbons (Fsp3) is 0.326. The molecule has 0 saturated carbocycles. The van der Waals surface area contributed by atoms with E-state index < -0.39 is 16.0 Å². The summed E-state index contributed by atoms with van der Waals surface area (Å²) in [6.07, 6.45) is 0.311. The van der Waals surface area contributed by atoms with Crippen LogP contribution in [-0.4, -0.2) is 103 Å². The van der Waals surface area contributed by atoms with Crippen LogP contribution in [0.2, 0.25) is 5.02 Å². The summed E-state index contributed by atoms with van der Waals surface area (Å²) in [5.41, 5.74) is 3.12. The van der Waals surface area contributed by atoms with Gasteiger partial charge >= 0.3 is 14.0 Å². The molecule has 3 aliphatic heterocycles. The molecule has 0 bridgehead atoms. The van der Waals surface area contributed by atoms with Gasteiger partial charge in [-0.3, -0.25) is 24.2 Å². The first kappa shape index (κ1) is 42.0. The Labute approximate surface area is 357 Å². The van der Waals surface area contributed by atoms with Crippen LogP contribution in [0, 0.1) is 5.92 Å². The van der Waals surface area contributed by atoms with Crippen molar-refractivity contribution in [1.29, 1.82) is 0 Å². The largest absolute Gasteiger partial charge is 0.542 e. The second-order valence-corrected chi connectivity index (χ2v) is 17.8. The summed E-state index contributed by atoms with van der Waals surface area (Å²) >= 11 is 9.67. The van der Waals surface area contributed by atoms with Crippen LogP contribution < -0.4 is 18.9 Å². The molecule has 3 aliphatic rings. The molecule has 12 nitrogen and oxygen atoms in total. The van der Waals surface area contributed by atoms with Gasteiger partial charge in [-0.15, -0.1) is 23.5 Å². The van der Waals surface area contributed by atoms with Gasteiger partial charge in [-0.05, 0) is 53.1 Å². The Morgan fingerprint density at radius 1 is 0.881 bits per heavy atom. The summed E-state index contributed by atoms with van der Waals surface area (Å²) in [6, 6.07) is 27.7. The Morgan fingerprint density at radius 3 is 2.10 bits per heavy atom. The van der Waals surface area contributed by atoms with Crippen LogP contribution in [-0.2, 0) is 43.5 Å². The number of thioether (sulfide) groups is 2.